The van der Waals surface area contributed by atoms with E-state index < -0.39 is 12.2 Å². The minimum Gasteiger partial charge on any atom is -0.466 e. The number of hydrogen-bond donors (Lipinski definition) is 0. The monoisotopic (exact) mass is 597 g/mol. The van der Waals surface area contributed by atoms with Crippen LogP contribution in [0.25, 0.3) is 10.1 Å². The average molecular weight is 598 g/mol. The van der Waals surface area contributed by atoms with Gasteiger partial charge >= 0.3 is 5.97 Å². The number of aryl methyl sites for hydroxylation is 1. The Bertz CT molecular complexity index is 1370. The van der Waals surface area contributed by atoms with Crippen molar-refractivity contribution in [3.05, 3.63) is 58.7 Å². The number of rotatable bonds is 13. The number of anilines is 2. The van der Waals surface area contributed by atoms with Crippen LogP contribution in [0.15, 0.2) is 41.8 Å². The molecule has 1 amide bonds. The number of carbonyl (C=O) groups excluding carboxylic acids is 2. The van der Waals surface area contributed by atoms with Crippen LogP contribution in [0.3, 0.4) is 0 Å². The van der Waals surface area contributed by atoms with Crippen LogP contribution in [-0.2, 0) is 36.6 Å². The van der Waals surface area contributed by atoms with Crippen LogP contribution in [0.4, 0.5) is 15.8 Å². The number of nitrogens with zero attached hydrogens (tertiary/aromatic N) is 3. The van der Waals surface area contributed by atoms with E-state index in [4.69, 9.17) is 14.2 Å². The molecule has 2 aliphatic heterocycles. The molecule has 1 saturated heterocycles. The Kier molecular flexibility index (Phi) is 10.4. The summed E-state index contributed by atoms with van der Waals surface area (Å²) in [7, 11) is 1.30. The minimum absolute atomic E-state index is 0.157. The van der Waals surface area contributed by atoms with Crippen LogP contribution in [0, 0.1) is 5.82 Å². The first-order chi connectivity index (χ1) is 20.5. The van der Waals surface area contributed by atoms with E-state index >= 15 is 0 Å². The topological polar surface area (TPSA) is 71.5 Å². The molecular formula is C32H40FN3O5S. The van der Waals surface area contributed by atoms with Gasteiger partial charge in [-0.1, -0.05) is 25.5 Å². The molecule has 8 nitrogen and oxygen atoms in total. The van der Waals surface area contributed by atoms with Crippen molar-refractivity contribution in [1.82, 2.24) is 4.90 Å². The quantitative estimate of drug-likeness (QED) is 0.203. The second kappa shape index (κ2) is 14.4. The first-order valence-electron chi connectivity index (χ1n) is 14.8. The summed E-state index contributed by atoms with van der Waals surface area (Å²) in [6.45, 7) is 7.56. The van der Waals surface area contributed by atoms with Gasteiger partial charge in [0.25, 0.3) is 0 Å². The lowest BCUT2D eigenvalue weighted by molar-refractivity contribution is -0.157. The zero-order valence-corrected chi connectivity index (χ0v) is 25.3. The van der Waals surface area contributed by atoms with Gasteiger partial charge in [0.2, 0.25) is 12.1 Å². The number of piperazine rings is 1. The lowest BCUT2D eigenvalue weighted by Gasteiger charge is -2.37. The van der Waals surface area contributed by atoms with Crippen molar-refractivity contribution in [3.63, 3.8) is 0 Å². The highest BCUT2D eigenvalue weighted by Crippen LogP contribution is 2.33. The number of halogens is 1. The molecule has 0 saturated carbocycles. The fourth-order valence-electron chi connectivity index (χ4n) is 5.65. The highest BCUT2D eigenvalue weighted by Gasteiger charge is 2.36. The predicted octanol–water partition coefficient (Wildman–Crippen LogP) is 5.02. The summed E-state index contributed by atoms with van der Waals surface area (Å²) in [5.41, 5.74) is 3.79. The maximum Gasteiger partial charge on any atom is 0.356 e. The predicted molar refractivity (Wildman–Crippen MR) is 164 cm³/mol. The Morgan fingerprint density at radius 1 is 1.02 bits per heavy atom. The van der Waals surface area contributed by atoms with Crippen LogP contribution >= 0.6 is 11.3 Å². The summed E-state index contributed by atoms with van der Waals surface area (Å²) < 4.78 is 31.7. The highest BCUT2D eigenvalue weighted by atomic mass is 32.1. The number of unbranched alkanes of at least 4 members (excludes halogenated alkanes) is 1. The maximum atomic E-state index is 14.2. The Balaban J connectivity index is 1.21. The number of thiophene rings is 1. The van der Waals surface area contributed by atoms with Gasteiger partial charge in [-0.3, -0.25) is 14.6 Å². The van der Waals surface area contributed by atoms with E-state index in [1.54, 1.807) is 23.5 Å². The van der Waals surface area contributed by atoms with E-state index in [1.807, 2.05) is 11.4 Å². The molecule has 1 fully saturated rings. The van der Waals surface area contributed by atoms with Gasteiger partial charge in [0.05, 0.1) is 26.0 Å². The lowest BCUT2D eigenvalue weighted by atomic mass is 9.97. The number of ether oxygens (including phenoxy) is 3. The first kappa shape index (κ1) is 30.4. The Morgan fingerprint density at radius 2 is 1.86 bits per heavy atom. The maximum absolute atomic E-state index is 14.2. The zero-order chi connectivity index (χ0) is 29.5. The molecule has 0 bridgehead atoms. The summed E-state index contributed by atoms with van der Waals surface area (Å²) in [5.74, 6) is -0.955. The number of amides is 1. The smallest absolute Gasteiger partial charge is 0.356 e. The van der Waals surface area contributed by atoms with E-state index in [0.717, 1.165) is 78.9 Å². The van der Waals surface area contributed by atoms with E-state index in [2.05, 4.69) is 34.9 Å². The number of methoxy groups -OCH3 is 1. The van der Waals surface area contributed by atoms with Crippen molar-refractivity contribution < 1.29 is 28.2 Å². The first-order valence-corrected chi connectivity index (χ1v) is 15.7. The van der Waals surface area contributed by atoms with E-state index in [-0.39, 0.29) is 18.3 Å². The lowest BCUT2D eigenvalue weighted by Crippen LogP contribution is -2.50. The summed E-state index contributed by atoms with van der Waals surface area (Å²) >= 11 is 1.57. The molecule has 2 aliphatic rings. The Labute approximate surface area is 250 Å². The van der Waals surface area contributed by atoms with Crippen molar-refractivity contribution in [3.8, 4) is 0 Å². The highest BCUT2D eigenvalue weighted by molar-refractivity contribution is 7.17. The van der Waals surface area contributed by atoms with Crippen LogP contribution < -0.4 is 9.80 Å². The van der Waals surface area contributed by atoms with Crippen molar-refractivity contribution in [2.24, 2.45) is 0 Å². The second-order valence-corrected chi connectivity index (χ2v) is 11.7. The van der Waals surface area contributed by atoms with Gasteiger partial charge in [-0.25, -0.2) is 9.18 Å². The van der Waals surface area contributed by atoms with Crippen LogP contribution in [0.1, 0.15) is 37.3 Å². The normalized spacial score (nSPS) is 16.6. The molecule has 2 aromatic carbocycles. The molecule has 1 atom stereocenters. The second-order valence-electron chi connectivity index (χ2n) is 10.8. The fourth-order valence-corrected chi connectivity index (χ4v) is 6.48. The van der Waals surface area contributed by atoms with Gasteiger partial charge in [0, 0.05) is 61.5 Å². The summed E-state index contributed by atoms with van der Waals surface area (Å²) in [6, 6.07) is 11.5. The van der Waals surface area contributed by atoms with E-state index in [0.29, 0.717) is 31.7 Å². The Hall–Kier alpha value is -3.05. The molecule has 1 unspecified atom stereocenters. The van der Waals surface area contributed by atoms with Crippen LogP contribution in [0.5, 0.6) is 0 Å². The van der Waals surface area contributed by atoms with Crippen molar-refractivity contribution in [1.29, 1.82) is 0 Å². The number of esters is 1. The standard InChI is InChI=1S/C32H40FN3O5S/c1-3-4-16-40-17-18-41-31(32(38)39-2)36-27-20-23(5-6-24(27)7-8-30(36)37)9-11-34-12-14-35(15-13-34)28-21-25(33)22-29-26(28)10-19-42-29/h5-6,10,19-22,31H,3-4,7-9,11-18H2,1-2H3. The fraction of sp³-hybridized carbons (Fsp3) is 0.500. The molecular weight excluding hydrogens is 557 g/mol. The molecule has 3 heterocycles. The van der Waals surface area contributed by atoms with E-state index in [1.165, 1.54) is 12.0 Å². The largest absolute Gasteiger partial charge is 0.466 e. The molecule has 1 aromatic heterocycles. The van der Waals surface area contributed by atoms with Crippen molar-refractivity contribution in [2.45, 2.75) is 45.3 Å². The molecule has 0 aliphatic carbocycles. The van der Waals surface area contributed by atoms with Gasteiger partial charge in [-0.05, 0) is 60.0 Å². The van der Waals surface area contributed by atoms with Gasteiger partial charge in [-0.15, -0.1) is 11.3 Å². The molecule has 5 rings (SSSR count). The number of hydrogen-bond acceptors (Lipinski definition) is 8. The van der Waals surface area contributed by atoms with Crippen LogP contribution in [0.2, 0.25) is 0 Å². The molecule has 42 heavy (non-hydrogen) atoms. The molecule has 226 valence electrons. The van der Waals surface area contributed by atoms with Crippen molar-refractivity contribution in [2.75, 3.05) is 69.5 Å². The third kappa shape index (κ3) is 7.11. The van der Waals surface area contributed by atoms with Gasteiger partial charge < -0.3 is 19.1 Å². The average Bonchev–Trinajstić information content (AvgIpc) is 3.48. The third-order valence-electron chi connectivity index (χ3n) is 8.01. The number of benzene rings is 2. The zero-order valence-electron chi connectivity index (χ0n) is 24.5. The molecule has 0 N–H and O–H groups in total. The molecule has 0 spiro atoms. The van der Waals surface area contributed by atoms with Gasteiger partial charge in [0.15, 0.2) is 0 Å². The summed E-state index contributed by atoms with van der Waals surface area (Å²) in [5, 5.41) is 3.13. The number of carbonyl (C=O) groups is 2. The molecule has 3 aromatic rings. The molecule has 0 radical (unpaired) electrons. The van der Waals surface area contributed by atoms with Gasteiger partial charge in [0.1, 0.15) is 5.82 Å². The SMILES string of the molecule is CCCCOCCOC(C(=O)OC)N1C(=O)CCc2ccc(CCN3CCN(c4cc(F)cc5sccc45)CC3)cc21. The van der Waals surface area contributed by atoms with E-state index in [9.17, 15) is 14.0 Å². The molecule has 10 heteroatoms. The number of fused-ring (bicyclic) bond motifs is 2. The van der Waals surface area contributed by atoms with Crippen molar-refractivity contribution >= 4 is 44.7 Å². The summed E-state index contributed by atoms with van der Waals surface area (Å²) in [4.78, 5) is 32.0. The summed E-state index contributed by atoms with van der Waals surface area (Å²) in [6.07, 6.45) is 2.58. The van der Waals surface area contributed by atoms with Gasteiger partial charge in [-0.2, -0.15) is 0 Å². The third-order valence-corrected chi connectivity index (χ3v) is 8.88. The van der Waals surface area contributed by atoms with Crippen LogP contribution in [-0.4, -0.2) is 82.7 Å². The minimum atomic E-state index is -1.16. The Morgan fingerprint density at radius 3 is 2.64 bits per heavy atom.